The first-order valence-corrected chi connectivity index (χ1v) is 8.35. The van der Waals surface area contributed by atoms with Crippen LogP contribution in [0.1, 0.15) is 16.3 Å². The van der Waals surface area contributed by atoms with Gasteiger partial charge in [-0.05, 0) is 19.1 Å². The van der Waals surface area contributed by atoms with Crippen molar-refractivity contribution in [1.29, 1.82) is 10.5 Å². The fourth-order valence-corrected chi connectivity index (χ4v) is 2.62. The molecule has 0 saturated carbocycles. The van der Waals surface area contributed by atoms with Crippen molar-refractivity contribution in [3.05, 3.63) is 52.0 Å². The van der Waals surface area contributed by atoms with Gasteiger partial charge in [0.05, 0.1) is 22.8 Å². The van der Waals surface area contributed by atoms with Crippen molar-refractivity contribution in [2.75, 3.05) is 13.1 Å². The number of aryl methyl sites for hydroxylation is 1. The summed E-state index contributed by atoms with van der Waals surface area (Å²) in [5.74, 6) is 0.234. The van der Waals surface area contributed by atoms with Gasteiger partial charge in [-0.2, -0.15) is 10.5 Å². The lowest BCUT2D eigenvalue weighted by Gasteiger charge is -2.13. The average Bonchev–Trinajstić information content (AvgIpc) is 3.03. The van der Waals surface area contributed by atoms with Crippen LogP contribution in [0.5, 0.6) is 5.75 Å². The quantitative estimate of drug-likeness (QED) is 0.564. The second kappa shape index (κ2) is 9.21. The van der Waals surface area contributed by atoms with E-state index in [9.17, 15) is 4.79 Å². The van der Waals surface area contributed by atoms with E-state index >= 15 is 0 Å². The third kappa shape index (κ3) is 5.45. The summed E-state index contributed by atoms with van der Waals surface area (Å²) < 4.78 is 5.79. The van der Waals surface area contributed by atoms with E-state index in [1.54, 1.807) is 17.4 Å². The maximum absolute atomic E-state index is 12.1. The molecule has 1 amide bonds. The SMILES string of the molecule is Cc1nc(COc2ccccc2C=CC(=O)N(CC#N)CC#N)cs1. The number of aromatic nitrogens is 1. The second-order valence-corrected chi connectivity index (χ2v) is 6.09. The van der Waals surface area contributed by atoms with Crippen LogP contribution < -0.4 is 4.74 Å². The van der Waals surface area contributed by atoms with Gasteiger partial charge in [0, 0.05) is 17.0 Å². The van der Waals surface area contributed by atoms with Gasteiger partial charge in [-0.25, -0.2) is 4.98 Å². The van der Waals surface area contributed by atoms with Crippen LogP contribution in [0, 0.1) is 29.6 Å². The highest BCUT2D eigenvalue weighted by atomic mass is 32.1. The molecule has 2 rings (SSSR count). The molecule has 1 aromatic carbocycles. The van der Waals surface area contributed by atoms with E-state index in [0.29, 0.717) is 12.4 Å². The Hall–Kier alpha value is -3.16. The predicted octanol–water partition coefficient (Wildman–Crippen LogP) is 2.92. The fourth-order valence-electron chi connectivity index (χ4n) is 2.02. The minimum absolute atomic E-state index is 0.127. The average molecular weight is 352 g/mol. The van der Waals surface area contributed by atoms with Gasteiger partial charge >= 0.3 is 0 Å². The molecule has 0 N–H and O–H groups in total. The topological polar surface area (TPSA) is 90.0 Å². The zero-order valence-electron chi connectivity index (χ0n) is 13.7. The van der Waals surface area contributed by atoms with Gasteiger partial charge in [-0.15, -0.1) is 11.3 Å². The molecule has 0 aliphatic rings. The molecule has 0 fully saturated rings. The van der Waals surface area contributed by atoms with Crippen LogP contribution in [-0.2, 0) is 11.4 Å². The smallest absolute Gasteiger partial charge is 0.248 e. The number of hydrogen-bond acceptors (Lipinski definition) is 6. The molecule has 0 saturated heterocycles. The third-order valence-corrected chi connectivity index (χ3v) is 4.02. The van der Waals surface area contributed by atoms with Crippen LogP contribution in [0.4, 0.5) is 0 Å². The van der Waals surface area contributed by atoms with Gasteiger partial charge in [-0.1, -0.05) is 18.2 Å². The van der Waals surface area contributed by atoms with E-state index < -0.39 is 5.91 Å². The largest absolute Gasteiger partial charge is 0.487 e. The summed E-state index contributed by atoms with van der Waals surface area (Å²) in [4.78, 5) is 17.6. The molecule has 0 aliphatic heterocycles. The van der Waals surface area contributed by atoms with Crippen LogP contribution in [-0.4, -0.2) is 28.9 Å². The molecule has 1 aromatic heterocycles. The molecule has 1 heterocycles. The van der Waals surface area contributed by atoms with E-state index in [1.807, 2.05) is 48.7 Å². The van der Waals surface area contributed by atoms with E-state index in [4.69, 9.17) is 15.3 Å². The van der Waals surface area contributed by atoms with Crippen LogP contribution in [0.25, 0.3) is 6.08 Å². The van der Waals surface area contributed by atoms with Crippen molar-refractivity contribution < 1.29 is 9.53 Å². The number of para-hydroxylation sites is 1. The van der Waals surface area contributed by atoms with Gasteiger partial charge in [0.15, 0.2) is 0 Å². The summed E-state index contributed by atoms with van der Waals surface area (Å²) in [6, 6.07) is 11.1. The summed E-state index contributed by atoms with van der Waals surface area (Å²) in [5.41, 5.74) is 1.59. The highest BCUT2D eigenvalue weighted by Crippen LogP contribution is 2.21. The molecule has 126 valence electrons. The first-order valence-electron chi connectivity index (χ1n) is 7.47. The Morgan fingerprint density at radius 2 is 2.04 bits per heavy atom. The molecule has 2 aromatic rings. The summed E-state index contributed by atoms with van der Waals surface area (Å²) in [5, 5.41) is 20.4. The number of thiazole rings is 1. The Balaban J connectivity index is 2.07. The minimum atomic E-state index is -0.395. The van der Waals surface area contributed by atoms with Crippen molar-refractivity contribution in [3.63, 3.8) is 0 Å². The van der Waals surface area contributed by atoms with E-state index in [-0.39, 0.29) is 13.1 Å². The highest BCUT2D eigenvalue weighted by molar-refractivity contribution is 7.09. The summed E-state index contributed by atoms with van der Waals surface area (Å²) in [7, 11) is 0. The molecule has 6 nitrogen and oxygen atoms in total. The predicted molar refractivity (Wildman–Crippen MR) is 94.5 cm³/mol. The summed E-state index contributed by atoms with van der Waals surface area (Å²) >= 11 is 1.56. The zero-order valence-corrected chi connectivity index (χ0v) is 14.5. The van der Waals surface area contributed by atoms with Crippen molar-refractivity contribution in [1.82, 2.24) is 9.88 Å². The number of amides is 1. The highest BCUT2D eigenvalue weighted by Gasteiger charge is 2.10. The number of carbonyl (C=O) groups excluding carboxylic acids is 1. The van der Waals surface area contributed by atoms with Gasteiger partial charge in [0.25, 0.3) is 0 Å². The lowest BCUT2D eigenvalue weighted by molar-refractivity contribution is -0.124. The Labute approximate surface area is 150 Å². The zero-order chi connectivity index (χ0) is 18.1. The maximum atomic E-state index is 12.1. The molecule has 25 heavy (non-hydrogen) atoms. The second-order valence-electron chi connectivity index (χ2n) is 5.03. The number of benzene rings is 1. The summed E-state index contributed by atoms with van der Waals surface area (Å²) in [6.45, 7) is 2.03. The molecule has 0 atom stereocenters. The monoisotopic (exact) mass is 352 g/mol. The Kier molecular flexibility index (Phi) is 6.70. The molecule has 0 radical (unpaired) electrons. The number of hydrogen-bond donors (Lipinski definition) is 0. The van der Waals surface area contributed by atoms with Gasteiger partial charge in [-0.3, -0.25) is 4.79 Å². The fraction of sp³-hybridized carbons (Fsp3) is 0.222. The van der Waals surface area contributed by atoms with Gasteiger partial charge in [0.2, 0.25) is 5.91 Å². The number of nitrogens with zero attached hydrogens (tertiary/aromatic N) is 4. The van der Waals surface area contributed by atoms with Crippen molar-refractivity contribution in [3.8, 4) is 17.9 Å². The minimum Gasteiger partial charge on any atom is -0.487 e. The first kappa shape index (κ1) is 18.2. The lowest BCUT2D eigenvalue weighted by atomic mass is 10.2. The lowest BCUT2D eigenvalue weighted by Crippen LogP contribution is -2.30. The Morgan fingerprint density at radius 3 is 2.68 bits per heavy atom. The van der Waals surface area contributed by atoms with Gasteiger partial charge in [0.1, 0.15) is 25.4 Å². The standard InChI is InChI=1S/C18H16N4O2S/c1-14-21-16(13-25-14)12-24-17-5-3-2-4-15(17)6-7-18(23)22(10-8-19)11-9-20/h2-7,13H,10-12H2,1H3. The van der Waals surface area contributed by atoms with Gasteiger partial charge < -0.3 is 9.64 Å². The number of nitriles is 2. The van der Waals surface area contributed by atoms with Crippen LogP contribution in [0.3, 0.4) is 0 Å². The normalized spacial score (nSPS) is 10.2. The molecule has 7 heteroatoms. The van der Waals surface area contributed by atoms with Crippen molar-refractivity contribution in [2.24, 2.45) is 0 Å². The molecule has 0 aliphatic carbocycles. The van der Waals surface area contributed by atoms with E-state index in [1.165, 1.54) is 6.08 Å². The van der Waals surface area contributed by atoms with E-state index in [2.05, 4.69) is 4.98 Å². The number of ether oxygens (including phenoxy) is 1. The Bertz CT molecular complexity index is 829. The molecule has 0 bridgehead atoms. The van der Waals surface area contributed by atoms with Crippen molar-refractivity contribution in [2.45, 2.75) is 13.5 Å². The third-order valence-electron chi connectivity index (χ3n) is 3.20. The van der Waals surface area contributed by atoms with Crippen LogP contribution in [0.2, 0.25) is 0 Å². The van der Waals surface area contributed by atoms with Crippen LogP contribution in [0.15, 0.2) is 35.7 Å². The van der Waals surface area contributed by atoms with Crippen molar-refractivity contribution >= 4 is 23.3 Å². The van der Waals surface area contributed by atoms with E-state index in [0.717, 1.165) is 21.2 Å². The maximum Gasteiger partial charge on any atom is 0.248 e. The molecular weight excluding hydrogens is 336 g/mol. The van der Waals surface area contributed by atoms with Crippen LogP contribution >= 0.6 is 11.3 Å². The molecular formula is C18H16N4O2S. The first-order chi connectivity index (χ1) is 12.1. The number of carbonyl (C=O) groups is 1. The summed E-state index contributed by atoms with van der Waals surface area (Å²) in [6.07, 6.45) is 2.95. The molecule has 0 unspecified atom stereocenters. The molecule has 0 spiro atoms. The Morgan fingerprint density at radius 1 is 1.32 bits per heavy atom. The number of rotatable bonds is 7.